The van der Waals surface area contributed by atoms with E-state index >= 15 is 0 Å². The van der Waals surface area contributed by atoms with Crippen molar-refractivity contribution in [2.24, 2.45) is 0 Å². The summed E-state index contributed by atoms with van der Waals surface area (Å²) in [5, 5.41) is 13.1. The zero-order chi connectivity index (χ0) is 14.9. The molecule has 0 saturated carbocycles. The molecule has 0 aliphatic rings. The van der Waals surface area contributed by atoms with Crippen molar-refractivity contribution in [3.63, 3.8) is 0 Å². The molecule has 0 amide bonds. The summed E-state index contributed by atoms with van der Waals surface area (Å²) in [7, 11) is 1.41. The Morgan fingerprint density at radius 2 is 2.05 bits per heavy atom. The Balaban J connectivity index is 2.29. The lowest BCUT2D eigenvalue weighted by Crippen LogP contribution is -2.11. The average molecular weight is 295 g/mol. The summed E-state index contributed by atoms with van der Waals surface area (Å²) >= 11 is 1.50. The fraction of sp³-hybridized carbons (Fsp3) is 0.400. The second-order valence-corrected chi connectivity index (χ2v) is 6.48. The third kappa shape index (κ3) is 2.99. The number of halogens is 1. The highest BCUT2D eigenvalue weighted by Crippen LogP contribution is 2.31. The van der Waals surface area contributed by atoms with E-state index in [9.17, 15) is 9.50 Å². The fourth-order valence-corrected chi connectivity index (χ4v) is 2.71. The van der Waals surface area contributed by atoms with Crippen molar-refractivity contribution in [3.05, 3.63) is 45.7 Å². The summed E-state index contributed by atoms with van der Waals surface area (Å²) in [4.78, 5) is 4.44. The first kappa shape index (κ1) is 14.9. The van der Waals surface area contributed by atoms with Gasteiger partial charge in [-0.1, -0.05) is 26.8 Å². The van der Waals surface area contributed by atoms with Crippen LogP contribution in [0.15, 0.2) is 23.6 Å². The molecular formula is C15H18FNO2S. The van der Waals surface area contributed by atoms with Gasteiger partial charge in [0.2, 0.25) is 0 Å². The van der Waals surface area contributed by atoms with Crippen LogP contribution in [0.4, 0.5) is 4.39 Å². The van der Waals surface area contributed by atoms with Crippen LogP contribution in [0.3, 0.4) is 0 Å². The Morgan fingerprint density at radius 1 is 1.35 bits per heavy atom. The topological polar surface area (TPSA) is 42.4 Å². The minimum atomic E-state index is -0.928. The third-order valence-corrected chi connectivity index (χ3v) is 4.22. The predicted octanol–water partition coefficient (Wildman–Crippen LogP) is 3.67. The lowest BCUT2D eigenvalue weighted by molar-refractivity contribution is 0.215. The molecule has 5 heteroatoms. The average Bonchev–Trinajstić information content (AvgIpc) is 2.87. The fourth-order valence-electron chi connectivity index (χ4n) is 1.78. The van der Waals surface area contributed by atoms with Crippen LogP contribution < -0.4 is 4.74 Å². The van der Waals surface area contributed by atoms with Crippen molar-refractivity contribution in [3.8, 4) is 5.75 Å². The van der Waals surface area contributed by atoms with E-state index in [4.69, 9.17) is 4.74 Å². The smallest absolute Gasteiger partial charge is 0.165 e. The molecule has 2 rings (SSSR count). The van der Waals surface area contributed by atoms with Crippen LogP contribution in [-0.2, 0) is 5.41 Å². The predicted molar refractivity (Wildman–Crippen MR) is 77.8 cm³/mol. The van der Waals surface area contributed by atoms with Gasteiger partial charge >= 0.3 is 0 Å². The molecule has 0 aliphatic carbocycles. The maximum absolute atomic E-state index is 13.7. The number of aliphatic hydroxyl groups is 1. The molecule has 20 heavy (non-hydrogen) atoms. The summed E-state index contributed by atoms with van der Waals surface area (Å²) in [5.41, 5.74) is 0.951. The first-order chi connectivity index (χ1) is 9.32. The Kier molecular flexibility index (Phi) is 4.11. The number of aliphatic hydroxyl groups excluding tert-OH is 1. The number of ether oxygens (including phenoxy) is 1. The van der Waals surface area contributed by atoms with E-state index in [1.165, 1.54) is 30.6 Å². The van der Waals surface area contributed by atoms with Gasteiger partial charge in [-0.3, -0.25) is 0 Å². The van der Waals surface area contributed by atoms with Gasteiger partial charge in [-0.15, -0.1) is 11.3 Å². The highest BCUT2D eigenvalue weighted by molar-refractivity contribution is 7.09. The van der Waals surface area contributed by atoms with E-state index in [2.05, 4.69) is 25.8 Å². The van der Waals surface area contributed by atoms with E-state index < -0.39 is 11.9 Å². The van der Waals surface area contributed by atoms with Gasteiger partial charge in [0.1, 0.15) is 6.10 Å². The summed E-state index contributed by atoms with van der Waals surface area (Å²) in [6.07, 6.45) is -0.928. The number of hydrogen-bond acceptors (Lipinski definition) is 4. The van der Waals surface area contributed by atoms with Gasteiger partial charge in [-0.25, -0.2) is 9.37 Å². The van der Waals surface area contributed by atoms with Crippen LogP contribution in [0.5, 0.6) is 5.75 Å². The number of rotatable bonds is 3. The molecule has 0 saturated heterocycles. The number of aromatic nitrogens is 1. The van der Waals surface area contributed by atoms with Crippen LogP contribution in [0.25, 0.3) is 0 Å². The molecule has 3 nitrogen and oxygen atoms in total. The molecule has 1 heterocycles. The molecule has 0 spiro atoms. The van der Waals surface area contributed by atoms with Crippen LogP contribution in [0.1, 0.15) is 43.1 Å². The van der Waals surface area contributed by atoms with Crippen molar-refractivity contribution in [2.45, 2.75) is 32.3 Å². The van der Waals surface area contributed by atoms with Crippen molar-refractivity contribution in [1.29, 1.82) is 0 Å². The number of methoxy groups -OCH3 is 1. The lowest BCUT2D eigenvalue weighted by Gasteiger charge is -2.14. The van der Waals surface area contributed by atoms with E-state index in [1.54, 1.807) is 6.07 Å². The summed E-state index contributed by atoms with van der Waals surface area (Å²) in [5.74, 6) is -0.329. The molecule has 1 N–H and O–H groups in total. The zero-order valence-corrected chi connectivity index (χ0v) is 12.8. The van der Waals surface area contributed by atoms with Crippen molar-refractivity contribution in [2.75, 3.05) is 7.11 Å². The Labute approximate surface area is 122 Å². The molecule has 1 aromatic heterocycles. The molecular weight excluding hydrogens is 277 g/mol. The number of benzene rings is 1. The summed E-state index contributed by atoms with van der Waals surface area (Å²) in [6.45, 7) is 6.19. The van der Waals surface area contributed by atoms with Crippen LogP contribution in [0, 0.1) is 5.82 Å². The molecule has 0 radical (unpaired) electrons. The molecule has 2 aromatic rings. The normalized spacial score (nSPS) is 13.3. The molecule has 1 atom stereocenters. The molecule has 108 valence electrons. The van der Waals surface area contributed by atoms with Gasteiger partial charge < -0.3 is 9.84 Å². The first-order valence-electron chi connectivity index (χ1n) is 6.30. The number of thiazole rings is 1. The molecule has 0 fully saturated rings. The van der Waals surface area contributed by atoms with E-state index in [0.717, 1.165) is 5.01 Å². The second-order valence-electron chi connectivity index (χ2n) is 5.62. The molecule has 1 aromatic carbocycles. The van der Waals surface area contributed by atoms with Gasteiger partial charge in [0.15, 0.2) is 11.6 Å². The van der Waals surface area contributed by atoms with Gasteiger partial charge in [-0.2, -0.15) is 0 Å². The van der Waals surface area contributed by atoms with E-state index in [0.29, 0.717) is 11.3 Å². The van der Waals surface area contributed by atoms with Crippen LogP contribution in [-0.4, -0.2) is 17.2 Å². The minimum Gasteiger partial charge on any atom is -0.494 e. The third-order valence-electron chi connectivity index (χ3n) is 2.94. The first-order valence-corrected chi connectivity index (χ1v) is 7.18. The highest BCUT2D eigenvalue weighted by Gasteiger charge is 2.21. The van der Waals surface area contributed by atoms with Crippen LogP contribution >= 0.6 is 11.3 Å². The second kappa shape index (κ2) is 5.50. The van der Waals surface area contributed by atoms with Gasteiger partial charge in [-0.05, 0) is 17.7 Å². The lowest BCUT2D eigenvalue weighted by atomic mass is 9.98. The molecule has 1 unspecified atom stereocenters. The quantitative estimate of drug-likeness (QED) is 0.939. The summed E-state index contributed by atoms with van der Waals surface area (Å²) < 4.78 is 18.5. The van der Waals surface area contributed by atoms with Crippen LogP contribution in [0.2, 0.25) is 0 Å². The molecule has 0 aliphatic heterocycles. The largest absolute Gasteiger partial charge is 0.494 e. The van der Waals surface area contributed by atoms with Crippen molar-refractivity contribution in [1.82, 2.24) is 4.98 Å². The van der Waals surface area contributed by atoms with Crippen molar-refractivity contribution < 1.29 is 14.2 Å². The Hall–Kier alpha value is -1.46. The Morgan fingerprint density at radius 3 is 2.55 bits per heavy atom. The zero-order valence-electron chi connectivity index (χ0n) is 12.0. The SMILES string of the molecule is COc1ccc(C(O)c2csc(C(C)(C)C)n2)cc1F. The van der Waals surface area contributed by atoms with Crippen molar-refractivity contribution >= 4 is 11.3 Å². The van der Waals surface area contributed by atoms with E-state index in [-0.39, 0.29) is 11.2 Å². The van der Waals surface area contributed by atoms with E-state index in [1.807, 2.05) is 5.38 Å². The number of nitrogens with zero attached hydrogens (tertiary/aromatic N) is 1. The maximum atomic E-state index is 13.7. The standard InChI is InChI=1S/C15H18FNO2S/c1-15(2,3)14-17-11(8-20-14)13(18)9-5-6-12(19-4)10(16)7-9/h5-8,13,18H,1-4H3. The van der Waals surface area contributed by atoms with Gasteiger partial charge in [0, 0.05) is 10.8 Å². The van der Waals surface area contributed by atoms with Gasteiger partial charge in [0.25, 0.3) is 0 Å². The summed E-state index contributed by atoms with van der Waals surface area (Å²) in [6, 6.07) is 4.42. The minimum absolute atomic E-state index is 0.0617. The number of hydrogen-bond donors (Lipinski definition) is 1. The van der Waals surface area contributed by atoms with Gasteiger partial charge in [0.05, 0.1) is 17.8 Å². The Bertz CT molecular complexity index is 604. The monoisotopic (exact) mass is 295 g/mol. The maximum Gasteiger partial charge on any atom is 0.165 e. The molecule has 0 bridgehead atoms. The highest BCUT2D eigenvalue weighted by atomic mass is 32.1.